The first-order valence-corrected chi connectivity index (χ1v) is 15.0. The first-order chi connectivity index (χ1) is 20.5. The normalized spacial score (nSPS) is 25.0. The quantitative estimate of drug-likeness (QED) is 0.254. The van der Waals surface area contributed by atoms with Gasteiger partial charge in [0, 0.05) is 51.0 Å². The van der Waals surface area contributed by atoms with Gasteiger partial charge in [0.05, 0.1) is 18.5 Å². The molecule has 0 saturated carbocycles. The number of methoxy groups -OCH3 is 1. The number of carbonyl (C=O) groups is 2. The van der Waals surface area contributed by atoms with E-state index in [2.05, 4.69) is 73.1 Å². The van der Waals surface area contributed by atoms with Crippen molar-refractivity contribution in [3.8, 4) is 0 Å². The average molecular weight is 585 g/mol. The lowest BCUT2D eigenvalue weighted by atomic mass is 9.80. The molecule has 3 aromatic rings. The summed E-state index contributed by atoms with van der Waals surface area (Å²) in [4.78, 5) is 35.8. The predicted octanol–water partition coefficient (Wildman–Crippen LogP) is 2.19. The van der Waals surface area contributed by atoms with Gasteiger partial charge >= 0.3 is 11.9 Å². The van der Waals surface area contributed by atoms with Crippen molar-refractivity contribution < 1.29 is 24.5 Å². The smallest absolute Gasteiger partial charge is 0.320 e. The SMILES string of the molecule is CCc1c(C)/c2[nH]/c1=C\c1[nH]c3c(c1C)=C(O)[C@H](C(=O)OC)C=3C1N/C(=C\c3[nH]c(c(C)c3C)\C=2)[C@@H](C)[C@@H]1CCC(=O)O. The van der Waals surface area contributed by atoms with Crippen molar-refractivity contribution >= 4 is 41.5 Å². The molecule has 1 aliphatic carbocycles. The second-order valence-electron chi connectivity index (χ2n) is 12.2. The number of ether oxygens (including phenoxy) is 1. The fraction of sp³-hybridized carbons (Fsp3) is 0.412. The minimum absolute atomic E-state index is 0.00417. The second kappa shape index (κ2) is 10.4. The Balaban J connectivity index is 1.72. The number of nitrogens with one attached hydrogen (secondary N) is 4. The van der Waals surface area contributed by atoms with Crippen molar-refractivity contribution in [3.63, 3.8) is 0 Å². The van der Waals surface area contributed by atoms with Crippen LogP contribution in [0, 0.1) is 45.4 Å². The minimum atomic E-state index is -0.990. The third-order valence-corrected chi connectivity index (χ3v) is 10.1. The lowest BCUT2D eigenvalue weighted by Gasteiger charge is -2.26. The van der Waals surface area contributed by atoms with Gasteiger partial charge in [0.15, 0.2) is 0 Å². The molecule has 43 heavy (non-hydrogen) atoms. The molecule has 6 rings (SSSR count). The molecule has 6 N–H and O–H groups in total. The average Bonchev–Trinajstić information content (AvgIpc) is 3.70. The maximum absolute atomic E-state index is 13.3. The van der Waals surface area contributed by atoms with Crippen LogP contribution in [0.3, 0.4) is 0 Å². The summed E-state index contributed by atoms with van der Waals surface area (Å²) < 4.78 is 5.20. The number of esters is 1. The molecule has 0 spiro atoms. The van der Waals surface area contributed by atoms with Crippen molar-refractivity contribution in [2.45, 2.75) is 66.8 Å². The number of fused-ring (bicyclic) bond motifs is 8. The highest BCUT2D eigenvalue weighted by Crippen LogP contribution is 2.42. The van der Waals surface area contributed by atoms with Crippen LogP contribution in [0.1, 0.15) is 71.6 Å². The van der Waals surface area contributed by atoms with Gasteiger partial charge in [-0.1, -0.05) is 13.8 Å². The highest BCUT2D eigenvalue weighted by molar-refractivity contribution is 5.95. The highest BCUT2D eigenvalue weighted by atomic mass is 16.5. The third-order valence-electron chi connectivity index (χ3n) is 10.1. The van der Waals surface area contributed by atoms with E-state index in [1.165, 1.54) is 18.2 Å². The summed E-state index contributed by atoms with van der Waals surface area (Å²) in [5.41, 5.74) is 10.00. The lowest BCUT2D eigenvalue weighted by Crippen LogP contribution is -2.38. The van der Waals surface area contributed by atoms with E-state index in [0.29, 0.717) is 22.6 Å². The summed E-state index contributed by atoms with van der Waals surface area (Å²) in [5.74, 6) is -2.62. The molecule has 0 amide bonds. The van der Waals surface area contributed by atoms with Gasteiger partial charge in [-0.2, -0.15) is 0 Å². The summed E-state index contributed by atoms with van der Waals surface area (Å²) in [6, 6.07) is -0.403. The Bertz CT molecular complexity index is 1970. The number of aliphatic hydroxyl groups excluding tert-OH is 1. The summed E-state index contributed by atoms with van der Waals surface area (Å²) >= 11 is 0. The van der Waals surface area contributed by atoms with Gasteiger partial charge in [0.1, 0.15) is 11.7 Å². The molecule has 1 fully saturated rings. The number of carboxylic acid groups (broad SMARTS) is 1. The molecule has 226 valence electrons. The van der Waals surface area contributed by atoms with Crippen LogP contribution < -0.4 is 26.6 Å². The number of aromatic amines is 3. The third kappa shape index (κ3) is 4.36. The summed E-state index contributed by atoms with van der Waals surface area (Å²) in [7, 11) is 1.32. The standard InChI is InChI=1S/C34H40N4O5/c1-8-19-16(4)23-11-21-14(2)15(3)22(35-21)12-24-17(5)20(9-10-27(39)40)31(37-24)29-30(34(42)43-7)33(41)28-18(6)25(38-32(28)29)13-26(19)36-23/h11-13,17,20,30-31,35-38,41H,8-10H2,1-7H3,(H,39,40)/b23-11-,24-12-,26-13-/t17-,20-,30+,31?/m0/s1. The maximum atomic E-state index is 13.3. The zero-order valence-corrected chi connectivity index (χ0v) is 25.8. The monoisotopic (exact) mass is 584 g/mol. The van der Waals surface area contributed by atoms with E-state index in [9.17, 15) is 19.8 Å². The molecule has 4 atom stereocenters. The molecule has 8 bridgehead atoms. The molecule has 0 radical (unpaired) electrons. The topological polar surface area (TPSA) is 143 Å². The van der Waals surface area contributed by atoms with Crippen molar-refractivity contribution in [2.24, 2.45) is 17.8 Å². The molecule has 9 nitrogen and oxygen atoms in total. The Morgan fingerprint density at radius 1 is 0.907 bits per heavy atom. The van der Waals surface area contributed by atoms with Crippen LogP contribution in [-0.4, -0.2) is 50.3 Å². The number of aromatic nitrogens is 3. The van der Waals surface area contributed by atoms with E-state index in [0.717, 1.165) is 56.6 Å². The molecule has 3 aromatic heterocycles. The molecule has 1 unspecified atom stereocenters. The predicted molar refractivity (Wildman–Crippen MR) is 166 cm³/mol. The van der Waals surface area contributed by atoms with Gasteiger partial charge in [-0.25, -0.2) is 0 Å². The lowest BCUT2D eigenvalue weighted by molar-refractivity contribution is -0.142. The Morgan fingerprint density at radius 3 is 2.21 bits per heavy atom. The van der Waals surface area contributed by atoms with Crippen LogP contribution in [0.4, 0.5) is 0 Å². The largest absolute Gasteiger partial charge is 0.510 e. The molecule has 1 saturated heterocycles. The van der Waals surface area contributed by atoms with E-state index in [4.69, 9.17) is 4.74 Å². The Kier molecular flexibility index (Phi) is 6.94. The van der Waals surface area contributed by atoms with Crippen LogP contribution in [0.2, 0.25) is 0 Å². The minimum Gasteiger partial charge on any atom is -0.510 e. The van der Waals surface area contributed by atoms with Gasteiger partial charge in [0.2, 0.25) is 0 Å². The summed E-state index contributed by atoms with van der Waals surface area (Å²) in [6.45, 7) is 12.5. The van der Waals surface area contributed by atoms with Crippen molar-refractivity contribution in [1.29, 1.82) is 0 Å². The number of hydrogen-bond donors (Lipinski definition) is 6. The zero-order chi connectivity index (χ0) is 30.9. The van der Waals surface area contributed by atoms with Crippen molar-refractivity contribution in [3.05, 3.63) is 71.9 Å². The van der Waals surface area contributed by atoms with Crippen LogP contribution in [0.5, 0.6) is 0 Å². The van der Waals surface area contributed by atoms with E-state index >= 15 is 0 Å². The highest BCUT2D eigenvalue weighted by Gasteiger charge is 2.46. The van der Waals surface area contributed by atoms with Gasteiger partial charge in [-0.05, 0) is 98.1 Å². The molecular weight excluding hydrogens is 544 g/mol. The number of H-pyrrole nitrogens is 3. The molecule has 5 heterocycles. The van der Waals surface area contributed by atoms with Gasteiger partial charge in [0.25, 0.3) is 0 Å². The number of aliphatic hydroxyl groups is 1. The first kappa shape index (κ1) is 28.7. The fourth-order valence-electron chi connectivity index (χ4n) is 7.42. The number of aliphatic carboxylic acids is 1. The first-order valence-electron chi connectivity index (χ1n) is 15.0. The Morgan fingerprint density at radius 2 is 1.56 bits per heavy atom. The van der Waals surface area contributed by atoms with Gasteiger partial charge in [-0.3, -0.25) is 9.59 Å². The second-order valence-corrected chi connectivity index (χ2v) is 12.2. The Hall–Kier alpha value is -4.40. The van der Waals surface area contributed by atoms with Crippen LogP contribution in [-0.2, 0) is 20.7 Å². The van der Waals surface area contributed by atoms with E-state index in [1.54, 1.807) is 0 Å². The molecule has 9 heteroatoms. The number of rotatable bonds is 5. The van der Waals surface area contributed by atoms with Crippen molar-refractivity contribution in [1.82, 2.24) is 20.3 Å². The van der Waals surface area contributed by atoms with Crippen LogP contribution >= 0.6 is 0 Å². The van der Waals surface area contributed by atoms with Gasteiger partial charge < -0.3 is 35.2 Å². The number of allylic oxidation sites excluding steroid dienone is 1. The van der Waals surface area contributed by atoms with E-state index in [1.807, 2.05) is 6.92 Å². The number of carbonyl (C=O) groups excluding carboxylic acids is 1. The maximum Gasteiger partial charge on any atom is 0.320 e. The van der Waals surface area contributed by atoms with Crippen LogP contribution in [0.25, 0.3) is 29.6 Å². The Labute approximate surface area is 249 Å². The zero-order valence-electron chi connectivity index (χ0n) is 25.8. The molecular formula is C34H40N4O5. The fourth-order valence-corrected chi connectivity index (χ4v) is 7.42. The van der Waals surface area contributed by atoms with Crippen LogP contribution in [0.15, 0.2) is 5.70 Å². The molecule has 2 aliphatic heterocycles. The molecule has 0 aromatic carbocycles. The van der Waals surface area contributed by atoms with E-state index in [-0.39, 0.29) is 24.0 Å². The summed E-state index contributed by atoms with van der Waals surface area (Å²) in [6.07, 6.45) is 7.60. The van der Waals surface area contributed by atoms with Crippen molar-refractivity contribution in [2.75, 3.05) is 7.11 Å². The van der Waals surface area contributed by atoms with E-state index < -0.39 is 23.9 Å². The van der Waals surface area contributed by atoms with Gasteiger partial charge in [-0.15, -0.1) is 0 Å². The summed E-state index contributed by atoms with van der Waals surface area (Å²) in [5, 5.41) is 28.2. The number of hydrogen-bond acceptors (Lipinski definition) is 5. The number of carboxylic acids is 1. The molecule has 3 aliphatic rings.